The van der Waals surface area contributed by atoms with E-state index in [1.54, 1.807) is 25.7 Å². The summed E-state index contributed by atoms with van der Waals surface area (Å²) in [5, 5.41) is 0. The summed E-state index contributed by atoms with van der Waals surface area (Å²) in [6.45, 7) is 8.22. The first-order chi connectivity index (χ1) is 13.0. The Balaban J connectivity index is 1.50. The van der Waals surface area contributed by atoms with Gasteiger partial charge >= 0.3 is 0 Å². The van der Waals surface area contributed by atoms with Gasteiger partial charge in [-0.2, -0.15) is 0 Å². The predicted octanol–water partition coefficient (Wildman–Crippen LogP) is 2.76. The Labute approximate surface area is 160 Å². The van der Waals surface area contributed by atoms with Gasteiger partial charge in [-0.25, -0.2) is 4.98 Å². The summed E-state index contributed by atoms with van der Waals surface area (Å²) < 4.78 is 5.45. The third kappa shape index (κ3) is 2.98. The van der Waals surface area contributed by atoms with Gasteiger partial charge in [0, 0.05) is 43.6 Å². The summed E-state index contributed by atoms with van der Waals surface area (Å²) in [6, 6.07) is 5.21. The zero-order valence-corrected chi connectivity index (χ0v) is 16.3. The van der Waals surface area contributed by atoms with Gasteiger partial charge in [0.05, 0.1) is 13.3 Å². The number of piperazine rings is 1. The topological polar surface area (TPSA) is 58.6 Å². The van der Waals surface area contributed by atoms with E-state index in [0.717, 1.165) is 25.3 Å². The van der Waals surface area contributed by atoms with Crippen molar-refractivity contribution in [2.45, 2.75) is 45.3 Å². The summed E-state index contributed by atoms with van der Waals surface area (Å²) in [6.07, 6.45) is 5.75. The van der Waals surface area contributed by atoms with Gasteiger partial charge in [0.25, 0.3) is 5.91 Å². The molecular weight excluding hydrogens is 340 g/mol. The number of methoxy groups -OCH3 is 1. The second-order valence-corrected chi connectivity index (χ2v) is 7.57. The second kappa shape index (κ2) is 6.93. The van der Waals surface area contributed by atoms with Crippen molar-refractivity contribution < 1.29 is 9.53 Å². The molecule has 2 bridgehead atoms. The highest BCUT2D eigenvalue weighted by atomic mass is 16.5. The van der Waals surface area contributed by atoms with Crippen LogP contribution < -0.4 is 4.74 Å². The van der Waals surface area contributed by atoms with E-state index in [2.05, 4.69) is 47.8 Å². The molecule has 2 saturated heterocycles. The van der Waals surface area contributed by atoms with Crippen LogP contribution in [0.1, 0.15) is 46.6 Å². The molecule has 27 heavy (non-hydrogen) atoms. The van der Waals surface area contributed by atoms with Gasteiger partial charge in [0.2, 0.25) is 0 Å². The van der Waals surface area contributed by atoms with Crippen LogP contribution in [0, 0.1) is 13.8 Å². The number of hydrogen-bond acceptors (Lipinski definition) is 5. The smallest absolute Gasteiger partial charge is 0.274 e. The second-order valence-electron chi connectivity index (χ2n) is 7.57. The zero-order chi connectivity index (χ0) is 19.1. The lowest BCUT2D eigenvalue weighted by Gasteiger charge is -2.38. The largest absolute Gasteiger partial charge is 0.496 e. The minimum absolute atomic E-state index is 0.000578. The number of amides is 1. The normalized spacial score (nSPS) is 22.9. The Morgan fingerprint density at radius 3 is 2.63 bits per heavy atom. The Bertz CT molecular complexity index is 855. The SMILES string of the molecule is COc1ccc([C@H](C)N2C[C@@H]3C[C@H]2CN3C(=O)c2cnccn2)c(C)c1C. The third-order valence-corrected chi connectivity index (χ3v) is 6.27. The average molecular weight is 366 g/mol. The van der Waals surface area contributed by atoms with Gasteiger partial charge < -0.3 is 9.64 Å². The summed E-state index contributed by atoms with van der Waals surface area (Å²) in [5.41, 5.74) is 4.27. The van der Waals surface area contributed by atoms with Gasteiger partial charge in [-0.1, -0.05) is 6.07 Å². The molecule has 2 fully saturated rings. The molecule has 1 aromatic heterocycles. The standard InChI is InChI=1S/C21H26N4O2/c1-13-14(2)20(27-4)6-5-18(13)15(3)24-11-17-9-16(24)12-25(17)21(26)19-10-22-7-8-23-19/h5-8,10,15-17H,9,11-12H2,1-4H3/t15-,16-,17-/m0/s1. The molecule has 0 spiro atoms. The molecule has 0 radical (unpaired) electrons. The Hall–Kier alpha value is -2.47. The first kappa shape index (κ1) is 17.9. The van der Waals surface area contributed by atoms with Crippen LogP contribution >= 0.6 is 0 Å². The number of nitrogens with zero attached hydrogens (tertiary/aromatic N) is 4. The molecule has 4 rings (SSSR count). The monoisotopic (exact) mass is 366 g/mol. The van der Waals surface area contributed by atoms with Crippen molar-refractivity contribution in [1.82, 2.24) is 19.8 Å². The minimum Gasteiger partial charge on any atom is -0.496 e. The molecule has 1 amide bonds. The Morgan fingerprint density at radius 2 is 2.00 bits per heavy atom. The maximum Gasteiger partial charge on any atom is 0.274 e. The number of carbonyl (C=O) groups excluding carboxylic acids is 1. The van der Waals surface area contributed by atoms with E-state index in [1.165, 1.54) is 16.7 Å². The fourth-order valence-electron chi connectivity index (χ4n) is 4.65. The zero-order valence-electron chi connectivity index (χ0n) is 16.3. The Morgan fingerprint density at radius 1 is 1.19 bits per heavy atom. The quantitative estimate of drug-likeness (QED) is 0.833. The van der Waals surface area contributed by atoms with E-state index in [4.69, 9.17) is 4.74 Å². The lowest BCUT2D eigenvalue weighted by Crippen LogP contribution is -2.49. The lowest BCUT2D eigenvalue weighted by atomic mass is 9.96. The number of ether oxygens (including phenoxy) is 1. The van der Waals surface area contributed by atoms with E-state index in [-0.39, 0.29) is 11.9 Å². The summed E-state index contributed by atoms with van der Waals surface area (Å²) in [7, 11) is 1.72. The number of aromatic nitrogens is 2. The molecular formula is C21H26N4O2. The third-order valence-electron chi connectivity index (χ3n) is 6.27. The fourth-order valence-corrected chi connectivity index (χ4v) is 4.65. The molecule has 0 saturated carbocycles. The molecule has 0 aliphatic carbocycles. The number of fused-ring (bicyclic) bond motifs is 2. The first-order valence-electron chi connectivity index (χ1n) is 9.48. The minimum atomic E-state index is -0.000578. The van der Waals surface area contributed by atoms with Crippen LogP contribution in [0.15, 0.2) is 30.7 Å². The molecule has 2 aliphatic rings. The number of hydrogen-bond donors (Lipinski definition) is 0. The van der Waals surface area contributed by atoms with Crippen molar-refractivity contribution in [2.24, 2.45) is 0 Å². The maximum atomic E-state index is 12.7. The van der Waals surface area contributed by atoms with Gasteiger partial charge in [-0.05, 0) is 49.9 Å². The van der Waals surface area contributed by atoms with E-state index >= 15 is 0 Å². The molecule has 0 unspecified atom stereocenters. The number of rotatable bonds is 4. The molecule has 3 atom stereocenters. The summed E-state index contributed by atoms with van der Waals surface area (Å²) in [5.74, 6) is 0.937. The molecule has 3 heterocycles. The van der Waals surface area contributed by atoms with Crippen LogP contribution in [0.5, 0.6) is 5.75 Å². The summed E-state index contributed by atoms with van der Waals surface area (Å²) in [4.78, 5) is 25.5. The van der Waals surface area contributed by atoms with Crippen molar-refractivity contribution in [2.75, 3.05) is 20.2 Å². The van der Waals surface area contributed by atoms with E-state index in [0.29, 0.717) is 17.8 Å². The maximum absolute atomic E-state index is 12.7. The molecule has 2 aromatic rings. The molecule has 0 N–H and O–H groups in total. The molecule has 6 nitrogen and oxygen atoms in total. The van der Waals surface area contributed by atoms with Gasteiger partial charge in [0.1, 0.15) is 11.4 Å². The van der Waals surface area contributed by atoms with E-state index < -0.39 is 0 Å². The first-order valence-corrected chi connectivity index (χ1v) is 9.48. The lowest BCUT2D eigenvalue weighted by molar-refractivity contribution is 0.0563. The molecule has 142 valence electrons. The van der Waals surface area contributed by atoms with Crippen molar-refractivity contribution >= 4 is 5.91 Å². The highest BCUT2D eigenvalue weighted by Crippen LogP contribution is 2.39. The molecule has 1 aromatic carbocycles. The molecule has 2 aliphatic heterocycles. The predicted molar refractivity (Wildman–Crippen MR) is 103 cm³/mol. The van der Waals surface area contributed by atoms with Crippen LogP contribution in [0.2, 0.25) is 0 Å². The van der Waals surface area contributed by atoms with Crippen molar-refractivity contribution in [3.63, 3.8) is 0 Å². The Kier molecular flexibility index (Phi) is 4.60. The van der Waals surface area contributed by atoms with Crippen LogP contribution in [0.25, 0.3) is 0 Å². The van der Waals surface area contributed by atoms with Crippen molar-refractivity contribution in [3.05, 3.63) is 53.1 Å². The van der Waals surface area contributed by atoms with Gasteiger partial charge in [0.15, 0.2) is 0 Å². The van der Waals surface area contributed by atoms with E-state index in [9.17, 15) is 4.79 Å². The number of benzene rings is 1. The number of likely N-dealkylation sites (tertiary alicyclic amines) is 2. The highest BCUT2D eigenvalue weighted by Gasteiger charge is 2.47. The average Bonchev–Trinajstić information content (AvgIpc) is 3.30. The highest BCUT2D eigenvalue weighted by molar-refractivity contribution is 5.92. The van der Waals surface area contributed by atoms with Crippen LogP contribution in [-0.4, -0.2) is 58.0 Å². The van der Waals surface area contributed by atoms with Crippen molar-refractivity contribution in [3.8, 4) is 5.75 Å². The van der Waals surface area contributed by atoms with Crippen LogP contribution in [0.4, 0.5) is 0 Å². The van der Waals surface area contributed by atoms with Crippen LogP contribution in [-0.2, 0) is 0 Å². The molecule has 6 heteroatoms. The van der Waals surface area contributed by atoms with E-state index in [1.807, 2.05) is 4.90 Å². The van der Waals surface area contributed by atoms with Gasteiger partial charge in [-0.15, -0.1) is 0 Å². The van der Waals surface area contributed by atoms with Crippen LogP contribution in [0.3, 0.4) is 0 Å². The van der Waals surface area contributed by atoms with Crippen molar-refractivity contribution in [1.29, 1.82) is 0 Å². The fraction of sp³-hybridized carbons (Fsp3) is 0.476. The van der Waals surface area contributed by atoms with Gasteiger partial charge in [-0.3, -0.25) is 14.7 Å². The number of carbonyl (C=O) groups is 1. The summed E-state index contributed by atoms with van der Waals surface area (Å²) >= 11 is 0.